The molecule has 0 aliphatic rings. The summed E-state index contributed by atoms with van der Waals surface area (Å²) in [7, 11) is 0. The van der Waals surface area contributed by atoms with Gasteiger partial charge in [-0.25, -0.2) is 0 Å². The Balaban J connectivity index is 2.58. The van der Waals surface area contributed by atoms with Crippen molar-refractivity contribution < 1.29 is 9.90 Å². The van der Waals surface area contributed by atoms with E-state index in [4.69, 9.17) is 10.8 Å². The number of thiophene rings is 1. The summed E-state index contributed by atoms with van der Waals surface area (Å²) in [5.74, 6) is -0.943. The Labute approximate surface area is 74.8 Å². The van der Waals surface area contributed by atoms with Gasteiger partial charge in [-0.1, -0.05) is 0 Å². The summed E-state index contributed by atoms with van der Waals surface area (Å²) in [6.45, 7) is 1.99. The van der Waals surface area contributed by atoms with E-state index < -0.39 is 12.0 Å². The largest absolute Gasteiger partial charge is 0.480 e. The van der Waals surface area contributed by atoms with Crippen LogP contribution in [0.25, 0.3) is 0 Å². The van der Waals surface area contributed by atoms with Crippen molar-refractivity contribution in [2.45, 2.75) is 19.4 Å². The van der Waals surface area contributed by atoms with Gasteiger partial charge >= 0.3 is 5.97 Å². The van der Waals surface area contributed by atoms with Gasteiger partial charge in [0.05, 0.1) is 0 Å². The highest BCUT2D eigenvalue weighted by Crippen LogP contribution is 2.16. The van der Waals surface area contributed by atoms with E-state index >= 15 is 0 Å². The second-order valence-corrected chi connectivity index (χ2v) is 4.03. The molecule has 0 aliphatic heterocycles. The van der Waals surface area contributed by atoms with E-state index in [-0.39, 0.29) is 0 Å². The number of rotatable bonds is 3. The summed E-state index contributed by atoms with van der Waals surface area (Å²) in [6, 6.07) is 3.11. The molecule has 3 nitrogen and oxygen atoms in total. The quantitative estimate of drug-likeness (QED) is 0.738. The Hall–Kier alpha value is -0.870. The minimum atomic E-state index is -0.943. The van der Waals surface area contributed by atoms with Gasteiger partial charge in [0.15, 0.2) is 0 Å². The minimum absolute atomic E-state index is 0.424. The number of carboxylic acids is 1. The van der Waals surface area contributed by atoms with Gasteiger partial charge in [-0.05, 0) is 19.1 Å². The number of hydrogen-bond donors (Lipinski definition) is 2. The smallest absolute Gasteiger partial charge is 0.320 e. The Bertz CT molecular complexity index is 282. The molecule has 0 aliphatic carbocycles. The van der Waals surface area contributed by atoms with Crippen LogP contribution in [0.4, 0.5) is 0 Å². The number of hydrogen-bond acceptors (Lipinski definition) is 3. The predicted octanol–water partition coefficient (Wildman–Crippen LogP) is 1.01. The van der Waals surface area contributed by atoms with E-state index in [1.807, 2.05) is 19.1 Å². The molecule has 0 bridgehead atoms. The van der Waals surface area contributed by atoms with Crippen molar-refractivity contribution in [2.75, 3.05) is 0 Å². The van der Waals surface area contributed by atoms with Crippen LogP contribution in [0.5, 0.6) is 0 Å². The lowest BCUT2D eigenvalue weighted by Gasteiger charge is -2.02. The number of carboxylic acid groups (broad SMARTS) is 1. The molecule has 12 heavy (non-hydrogen) atoms. The molecule has 1 rings (SSSR count). The first-order valence-electron chi connectivity index (χ1n) is 3.63. The highest BCUT2D eigenvalue weighted by Gasteiger charge is 2.12. The van der Waals surface area contributed by atoms with Crippen LogP contribution in [0, 0.1) is 6.92 Å². The molecule has 4 heteroatoms. The normalized spacial score (nSPS) is 12.8. The lowest BCUT2D eigenvalue weighted by Crippen LogP contribution is -2.31. The molecule has 1 atom stereocenters. The molecule has 0 radical (unpaired) electrons. The van der Waals surface area contributed by atoms with Crippen molar-refractivity contribution in [3.05, 3.63) is 21.9 Å². The molecule has 1 heterocycles. The summed E-state index contributed by atoms with van der Waals surface area (Å²) in [5, 5.41) is 8.53. The van der Waals surface area contributed by atoms with Crippen LogP contribution in [0.15, 0.2) is 12.1 Å². The Morgan fingerprint density at radius 2 is 2.42 bits per heavy atom. The molecular formula is C8H11NO2S. The topological polar surface area (TPSA) is 63.3 Å². The molecule has 0 aromatic carbocycles. The van der Waals surface area contributed by atoms with Gasteiger partial charge < -0.3 is 10.8 Å². The highest BCUT2D eigenvalue weighted by atomic mass is 32.1. The van der Waals surface area contributed by atoms with Crippen LogP contribution in [0.2, 0.25) is 0 Å². The standard InChI is InChI=1S/C8H11NO2S/c1-5-2-3-6(12-5)4-7(9)8(10)11/h2-3,7H,4,9H2,1H3,(H,10,11). The number of nitrogens with two attached hydrogens (primary N) is 1. The third kappa shape index (κ3) is 2.32. The molecule has 3 N–H and O–H groups in total. The molecule has 0 amide bonds. The second kappa shape index (κ2) is 3.69. The Kier molecular flexibility index (Phi) is 2.83. The fraction of sp³-hybridized carbons (Fsp3) is 0.375. The summed E-state index contributed by atoms with van der Waals surface area (Å²) < 4.78 is 0. The second-order valence-electron chi connectivity index (χ2n) is 2.66. The maximum atomic E-state index is 10.4. The summed E-state index contributed by atoms with van der Waals surface area (Å²) in [5.41, 5.74) is 5.36. The van der Waals surface area contributed by atoms with Crippen LogP contribution in [0.3, 0.4) is 0 Å². The first-order valence-corrected chi connectivity index (χ1v) is 4.45. The molecule has 0 saturated carbocycles. The third-order valence-corrected chi connectivity index (χ3v) is 2.56. The molecule has 1 aromatic heterocycles. The maximum Gasteiger partial charge on any atom is 0.320 e. The molecule has 0 saturated heterocycles. The van der Waals surface area contributed by atoms with Crippen LogP contribution >= 0.6 is 11.3 Å². The van der Waals surface area contributed by atoms with Crippen LogP contribution < -0.4 is 5.73 Å². The zero-order chi connectivity index (χ0) is 9.14. The van der Waals surface area contributed by atoms with Gasteiger partial charge in [-0.15, -0.1) is 11.3 Å². The van der Waals surface area contributed by atoms with Crippen molar-refractivity contribution in [2.24, 2.45) is 5.73 Å². The summed E-state index contributed by atoms with van der Waals surface area (Å²) >= 11 is 1.59. The average molecular weight is 185 g/mol. The molecule has 1 unspecified atom stereocenters. The van der Waals surface area contributed by atoms with Gasteiger partial charge in [0.1, 0.15) is 6.04 Å². The fourth-order valence-corrected chi connectivity index (χ4v) is 1.85. The molecule has 0 fully saturated rings. The first kappa shape index (κ1) is 9.22. The molecule has 0 spiro atoms. The fourth-order valence-electron chi connectivity index (χ4n) is 0.899. The van der Waals surface area contributed by atoms with Crippen LogP contribution in [-0.2, 0) is 11.2 Å². The van der Waals surface area contributed by atoms with E-state index in [1.54, 1.807) is 11.3 Å². The van der Waals surface area contributed by atoms with Crippen molar-refractivity contribution >= 4 is 17.3 Å². The van der Waals surface area contributed by atoms with Gasteiger partial charge in [-0.2, -0.15) is 0 Å². The highest BCUT2D eigenvalue weighted by molar-refractivity contribution is 7.11. The van der Waals surface area contributed by atoms with Crippen LogP contribution in [-0.4, -0.2) is 17.1 Å². The van der Waals surface area contributed by atoms with Gasteiger partial charge in [-0.3, -0.25) is 4.79 Å². The Morgan fingerprint density at radius 1 is 1.75 bits per heavy atom. The van der Waals surface area contributed by atoms with E-state index in [0.29, 0.717) is 6.42 Å². The molecule has 66 valence electrons. The minimum Gasteiger partial charge on any atom is -0.480 e. The van der Waals surface area contributed by atoms with Crippen molar-refractivity contribution in [3.8, 4) is 0 Å². The summed E-state index contributed by atoms with van der Waals surface area (Å²) in [4.78, 5) is 12.6. The first-order chi connectivity index (χ1) is 5.59. The lowest BCUT2D eigenvalue weighted by molar-refractivity contribution is -0.138. The van der Waals surface area contributed by atoms with E-state index in [9.17, 15) is 4.79 Å². The average Bonchev–Trinajstić information content (AvgIpc) is 2.35. The van der Waals surface area contributed by atoms with Crippen molar-refractivity contribution in [1.29, 1.82) is 0 Å². The van der Waals surface area contributed by atoms with Crippen molar-refractivity contribution in [1.82, 2.24) is 0 Å². The SMILES string of the molecule is Cc1ccc(CC(N)C(=O)O)s1. The van der Waals surface area contributed by atoms with Gasteiger partial charge in [0.25, 0.3) is 0 Å². The molecule has 1 aromatic rings. The van der Waals surface area contributed by atoms with Gasteiger partial charge in [0, 0.05) is 16.2 Å². The zero-order valence-electron chi connectivity index (χ0n) is 6.78. The van der Waals surface area contributed by atoms with Crippen LogP contribution in [0.1, 0.15) is 9.75 Å². The monoisotopic (exact) mass is 185 g/mol. The maximum absolute atomic E-state index is 10.4. The number of aryl methyl sites for hydroxylation is 1. The lowest BCUT2D eigenvalue weighted by atomic mass is 10.2. The Morgan fingerprint density at radius 3 is 2.83 bits per heavy atom. The van der Waals surface area contributed by atoms with Gasteiger partial charge in [0.2, 0.25) is 0 Å². The number of carbonyl (C=O) groups is 1. The van der Waals surface area contributed by atoms with E-state index in [0.717, 1.165) is 4.88 Å². The summed E-state index contributed by atoms with van der Waals surface area (Å²) in [6.07, 6.45) is 0.424. The van der Waals surface area contributed by atoms with E-state index in [1.165, 1.54) is 4.88 Å². The predicted molar refractivity (Wildman–Crippen MR) is 48.4 cm³/mol. The van der Waals surface area contributed by atoms with Crippen molar-refractivity contribution in [3.63, 3.8) is 0 Å². The molecular weight excluding hydrogens is 174 g/mol. The number of aliphatic carboxylic acids is 1. The third-order valence-electron chi connectivity index (χ3n) is 1.53. The van der Waals surface area contributed by atoms with E-state index in [2.05, 4.69) is 0 Å². The zero-order valence-corrected chi connectivity index (χ0v) is 7.60.